The summed E-state index contributed by atoms with van der Waals surface area (Å²) in [5.74, 6) is 0.0425. The lowest BCUT2D eigenvalue weighted by atomic mass is 10.2. The Morgan fingerprint density at radius 2 is 2.21 bits per heavy atom. The molecule has 0 saturated carbocycles. The zero-order chi connectivity index (χ0) is 17.1. The maximum atomic E-state index is 12.8. The monoisotopic (exact) mass is 327 g/mol. The lowest BCUT2D eigenvalue weighted by Gasteiger charge is -2.23. The molecule has 1 aliphatic rings. The normalized spacial score (nSPS) is 14.8. The first-order valence-corrected chi connectivity index (χ1v) is 8.48. The Bertz CT molecular complexity index is 695. The number of hydrogen-bond donors (Lipinski definition) is 0. The second kappa shape index (κ2) is 7.13. The lowest BCUT2D eigenvalue weighted by molar-refractivity contribution is 0.0744. The highest BCUT2D eigenvalue weighted by Gasteiger charge is 2.23. The lowest BCUT2D eigenvalue weighted by Crippen LogP contribution is -2.32. The van der Waals surface area contributed by atoms with Gasteiger partial charge < -0.3 is 9.47 Å². The molecule has 0 radical (unpaired) electrons. The average Bonchev–Trinajstić information content (AvgIpc) is 2.83. The van der Waals surface area contributed by atoms with Crippen LogP contribution in [0.1, 0.15) is 42.0 Å². The van der Waals surface area contributed by atoms with Crippen molar-refractivity contribution in [3.63, 3.8) is 0 Å². The smallest absolute Gasteiger partial charge is 0.255 e. The first-order chi connectivity index (χ1) is 11.6. The van der Waals surface area contributed by atoms with Crippen molar-refractivity contribution in [1.82, 2.24) is 24.3 Å². The number of carbonyl (C=O) groups is 1. The van der Waals surface area contributed by atoms with E-state index < -0.39 is 0 Å². The second-order valence-corrected chi connectivity index (χ2v) is 6.66. The predicted molar refractivity (Wildman–Crippen MR) is 92.4 cm³/mol. The van der Waals surface area contributed by atoms with E-state index in [1.165, 1.54) is 0 Å². The average molecular weight is 327 g/mol. The van der Waals surface area contributed by atoms with Crippen LogP contribution in [-0.2, 0) is 19.6 Å². The van der Waals surface area contributed by atoms with Crippen LogP contribution in [0.3, 0.4) is 0 Å². The number of amides is 1. The number of rotatable bonds is 4. The fourth-order valence-corrected chi connectivity index (χ4v) is 2.91. The molecule has 0 fully saturated rings. The third-order valence-corrected chi connectivity index (χ3v) is 4.68. The molecule has 0 aromatic carbocycles. The molecule has 0 spiro atoms. The van der Waals surface area contributed by atoms with E-state index in [2.05, 4.69) is 40.3 Å². The Labute approximate surface area is 143 Å². The van der Waals surface area contributed by atoms with Gasteiger partial charge in [0.25, 0.3) is 5.91 Å². The van der Waals surface area contributed by atoms with E-state index >= 15 is 0 Å². The molecule has 0 saturated heterocycles. The maximum absolute atomic E-state index is 12.8. The van der Waals surface area contributed by atoms with Crippen molar-refractivity contribution >= 4 is 5.91 Å². The van der Waals surface area contributed by atoms with Gasteiger partial charge in [-0.3, -0.25) is 14.7 Å². The quantitative estimate of drug-likeness (QED) is 0.863. The summed E-state index contributed by atoms with van der Waals surface area (Å²) >= 11 is 0. The molecule has 6 nitrogen and oxygen atoms in total. The molecule has 1 amide bonds. The molecular weight excluding hydrogens is 302 g/mol. The molecule has 24 heavy (non-hydrogen) atoms. The number of hydrogen-bond acceptors (Lipinski definition) is 4. The van der Waals surface area contributed by atoms with Gasteiger partial charge in [-0.25, -0.2) is 4.98 Å². The number of imidazole rings is 1. The summed E-state index contributed by atoms with van der Waals surface area (Å²) in [5.41, 5.74) is 2.86. The Morgan fingerprint density at radius 3 is 2.92 bits per heavy atom. The maximum Gasteiger partial charge on any atom is 0.255 e. The van der Waals surface area contributed by atoms with E-state index in [1.807, 2.05) is 17.3 Å². The SMILES string of the molecule is CC(C)N(C)Cc1ncn2c1CN(C(=O)c1cccnc1)CCC2. The number of aromatic nitrogens is 3. The fourth-order valence-electron chi connectivity index (χ4n) is 2.91. The molecule has 2 aromatic heterocycles. The van der Waals surface area contributed by atoms with Crippen molar-refractivity contribution in [3.8, 4) is 0 Å². The zero-order valence-electron chi connectivity index (χ0n) is 14.6. The summed E-state index contributed by atoms with van der Waals surface area (Å²) in [6, 6.07) is 4.09. The van der Waals surface area contributed by atoms with Gasteiger partial charge in [0, 0.05) is 38.1 Å². The van der Waals surface area contributed by atoms with Gasteiger partial charge in [0.1, 0.15) is 0 Å². The Balaban J connectivity index is 1.81. The minimum Gasteiger partial charge on any atom is -0.333 e. The van der Waals surface area contributed by atoms with Crippen molar-refractivity contribution in [2.45, 2.75) is 45.9 Å². The van der Waals surface area contributed by atoms with E-state index in [-0.39, 0.29) is 5.91 Å². The first-order valence-electron chi connectivity index (χ1n) is 8.48. The van der Waals surface area contributed by atoms with Gasteiger partial charge in [0.2, 0.25) is 0 Å². The Kier molecular flexibility index (Phi) is 4.94. The van der Waals surface area contributed by atoms with E-state index in [1.54, 1.807) is 18.5 Å². The van der Waals surface area contributed by atoms with Gasteiger partial charge in [-0.05, 0) is 39.4 Å². The summed E-state index contributed by atoms with van der Waals surface area (Å²) in [7, 11) is 2.10. The summed E-state index contributed by atoms with van der Waals surface area (Å²) in [5, 5.41) is 0. The van der Waals surface area contributed by atoms with Crippen LogP contribution in [0.25, 0.3) is 0 Å². The zero-order valence-corrected chi connectivity index (χ0v) is 14.6. The topological polar surface area (TPSA) is 54.3 Å². The van der Waals surface area contributed by atoms with Crippen molar-refractivity contribution in [2.24, 2.45) is 0 Å². The number of fused-ring (bicyclic) bond motifs is 1. The minimum atomic E-state index is 0.0425. The molecule has 1 aliphatic heterocycles. The highest BCUT2D eigenvalue weighted by Crippen LogP contribution is 2.19. The fraction of sp³-hybridized carbons (Fsp3) is 0.500. The van der Waals surface area contributed by atoms with Gasteiger partial charge in [-0.2, -0.15) is 0 Å². The predicted octanol–water partition coefficient (Wildman–Crippen LogP) is 2.16. The molecule has 3 rings (SSSR count). The van der Waals surface area contributed by atoms with Crippen molar-refractivity contribution in [2.75, 3.05) is 13.6 Å². The summed E-state index contributed by atoms with van der Waals surface area (Å²) < 4.78 is 2.19. The van der Waals surface area contributed by atoms with Gasteiger partial charge in [-0.15, -0.1) is 0 Å². The van der Waals surface area contributed by atoms with E-state index in [0.29, 0.717) is 18.2 Å². The second-order valence-electron chi connectivity index (χ2n) is 6.66. The highest BCUT2D eigenvalue weighted by atomic mass is 16.2. The molecular formula is C18H25N5O. The molecule has 6 heteroatoms. The summed E-state index contributed by atoms with van der Waals surface area (Å²) in [6.07, 6.45) is 6.18. The number of nitrogens with zero attached hydrogens (tertiary/aromatic N) is 5. The molecule has 0 N–H and O–H groups in total. The van der Waals surface area contributed by atoms with Crippen LogP contribution in [-0.4, -0.2) is 49.9 Å². The van der Waals surface area contributed by atoms with Crippen LogP contribution < -0.4 is 0 Å². The van der Waals surface area contributed by atoms with Crippen LogP contribution in [0, 0.1) is 0 Å². The molecule has 3 heterocycles. The molecule has 0 atom stereocenters. The van der Waals surface area contributed by atoms with Crippen LogP contribution in [0.4, 0.5) is 0 Å². The molecule has 0 unspecified atom stereocenters. The standard InChI is InChI=1S/C18H25N5O/c1-14(2)21(3)11-16-17-12-22(8-5-9-23(17)13-20-16)18(24)15-6-4-7-19-10-15/h4,6-7,10,13-14H,5,8-9,11-12H2,1-3H3. The van der Waals surface area contributed by atoms with Gasteiger partial charge >= 0.3 is 0 Å². The molecule has 0 aliphatic carbocycles. The Morgan fingerprint density at radius 1 is 1.38 bits per heavy atom. The first kappa shape index (κ1) is 16.6. The number of aryl methyl sites for hydroxylation is 1. The third-order valence-electron chi connectivity index (χ3n) is 4.68. The largest absolute Gasteiger partial charge is 0.333 e. The van der Waals surface area contributed by atoms with Gasteiger partial charge in [-0.1, -0.05) is 0 Å². The van der Waals surface area contributed by atoms with Gasteiger partial charge in [0.15, 0.2) is 0 Å². The van der Waals surface area contributed by atoms with E-state index in [0.717, 1.165) is 37.4 Å². The Hall–Kier alpha value is -2.21. The third kappa shape index (κ3) is 3.48. The van der Waals surface area contributed by atoms with E-state index in [9.17, 15) is 4.79 Å². The molecule has 2 aromatic rings. The molecule has 0 bridgehead atoms. The van der Waals surface area contributed by atoms with Crippen LogP contribution in [0.2, 0.25) is 0 Å². The van der Waals surface area contributed by atoms with Crippen molar-refractivity contribution < 1.29 is 4.79 Å². The summed E-state index contributed by atoms with van der Waals surface area (Å²) in [6.45, 7) is 7.42. The van der Waals surface area contributed by atoms with Crippen molar-refractivity contribution in [3.05, 3.63) is 47.8 Å². The van der Waals surface area contributed by atoms with E-state index in [4.69, 9.17) is 0 Å². The van der Waals surface area contributed by atoms with Crippen LogP contribution in [0.5, 0.6) is 0 Å². The van der Waals surface area contributed by atoms with Crippen LogP contribution >= 0.6 is 0 Å². The van der Waals surface area contributed by atoms with Crippen LogP contribution in [0.15, 0.2) is 30.9 Å². The highest BCUT2D eigenvalue weighted by molar-refractivity contribution is 5.93. The summed E-state index contributed by atoms with van der Waals surface area (Å²) in [4.78, 5) is 25.6. The van der Waals surface area contributed by atoms with Gasteiger partial charge in [0.05, 0.1) is 29.8 Å². The number of carbonyl (C=O) groups excluding carboxylic acids is 1. The molecule has 128 valence electrons. The van der Waals surface area contributed by atoms with Crippen molar-refractivity contribution in [1.29, 1.82) is 0 Å². The number of pyridine rings is 1. The minimum absolute atomic E-state index is 0.0425.